The van der Waals surface area contributed by atoms with Crippen LogP contribution < -0.4 is 9.47 Å². The molecule has 1 aromatic rings. The number of rotatable bonds is 7. The Hall–Kier alpha value is -2.40. The summed E-state index contributed by atoms with van der Waals surface area (Å²) in [5.74, 6) is -0.203. The van der Waals surface area contributed by atoms with Gasteiger partial charge in [0.25, 0.3) is 0 Å². The van der Waals surface area contributed by atoms with Crippen molar-refractivity contribution in [1.29, 1.82) is 0 Å². The fourth-order valence-corrected chi connectivity index (χ4v) is 1.28. The van der Waals surface area contributed by atoms with E-state index in [4.69, 9.17) is 20.1 Å². The minimum atomic E-state index is -1.02. The second kappa shape index (κ2) is 7.03. The molecule has 0 amide bonds. The highest BCUT2D eigenvalue weighted by atomic mass is 16.5. The van der Waals surface area contributed by atoms with Crippen molar-refractivity contribution in [3.8, 4) is 11.5 Å². The normalized spacial score (nSPS) is 9.39. The molecule has 0 aliphatic rings. The van der Waals surface area contributed by atoms with Crippen molar-refractivity contribution >= 4 is 5.97 Å². The van der Waals surface area contributed by atoms with E-state index < -0.39 is 5.97 Å². The van der Waals surface area contributed by atoms with Crippen LogP contribution in [-0.2, 0) is 0 Å². The fraction of sp³-hybridized carbons (Fsp3) is 0.364. The smallest absolute Gasteiger partial charge is 0.335 e. The summed E-state index contributed by atoms with van der Waals surface area (Å²) in [6.45, 7) is 0.716. The summed E-state index contributed by atoms with van der Waals surface area (Å²) in [6, 6.07) is 4.37. The molecule has 1 N–H and O–H groups in total. The topological polar surface area (TPSA) is 105 Å². The number of nitrogens with zero attached hydrogens (tertiary/aromatic N) is 3. The van der Waals surface area contributed by atoms with Gasteiger partial charge in [0.05, 0.1) is 19.3 Å². The maximum absolute atomic E-state index is 10.8. The second-order valence-electron chi connectivity index (χ2n) is 3.33. The Morgan fingerprint density at radius 3 is 2.89 bits per heavy atom. The molecule has 0 aliphatic carbocycles. The maximum atomic E-state index is 10.8. The fourth-order valence-electron chi connectivity index (χ4n) is 1.28. The number of ether oxygens (including phenoxy) is 2. The molecule has 0 heterocycles. The van der Waals surface area contributed by atoms with E-state index in [1.807, 2.05) is 0 Å². The van der Waals surface area contributed by atoms with Crippen molar-refractivity contribution in [3.05, 3.63) is 34.2 Å². The van der Waals surface area contributed by atoms with Crippen molar-refractivity contribution in [1.82, 2.24) is 0 Å². The van der Waals surface area contributed by atoms with Gasteiger partial charge in [-0.1, -0.05) is 5.11 Å². The van der Waals surface area contributed by atoms with Crippen LogP contribution in [0, 0.1) is 0 Å². The molecule has 18 heavy (non-hydrogen) atoms. The van der Waals surface area contributed by atoms with Gasteiger partial charge in [-0.15, -0.1) is 0 Å². The Labute approximate surface area is 104 Å². The number of carbonyl (C=O) groups is 1. The van der Waals surface area contributed by atoms with Crippen molar-refractivity contribution in [2.24, 2.45) is 5.11 Å². The highest BCUT2D eigenvalue weighted by molar-refractivity contribution is 5.88. The number of hydrogen-bond donors (Lipinski definition) is 1. The van der Waals surface area contributed by atoms with Gasteiger partial charge in [-0.25, -0.2) is 4.79 Å². The Bertz CT molecular complexity index is 469. The maximum Gasteiger partial charge on any atom is 0.335 e. The summed E-state index contributed by atoms with van der Waals surface area (Å²) in [6.07, 6.45) is 0.577. The van der Waals surface area contributed by atoms with Gasteiger partial charge in [-0.3, -0.25) is 0 Å². The quantitative estimate of drug-likeness (QED) is 0.347. The summed E-state index contributed by atoms with van der Waals surface area (Å²) in [5.41, 5.74) is 8.22. The Balaban J connectivity index is 2.65. The molecular weight excluding hydrogens is 238 g/mol. The molecule has 0 fully saturated rings. The number of methoxy groups -OCH3 is 1. The molecule has 0 aliphatic heterocycles. The van der Waals surface area contributed by atoms with Crippen LogP contribution in [0.4, 0.5) is 0 Å². The molecule has 7 nitrogen and oxygen atoms in total. The van der Waals surface area contributed by atoms with Crippen LogP contribution in [-0.4, -0.2) is 31.3 Å². The first kappa shape index (κ1) is 13.7. The highest BCUT2D eigenvalue weighted by Gasteiger charge is 2.09. The molecule has 0 radical (unpaired) electrons. The lowest BCUT2D eigenvalue weighted by Gasteiger charge is -2.10. The minimum Gasteiger partial charge on any atom is -0.493 e. The van der Waals surface area contributed by atoms with E-state index in [0.717, 1.165) is 0 Å². The predicted molar refractivity (Wildman–Crippen MR) is 64.1 cm³/mol. The lowest BCUT2D eigenvalue weighted by atomic mass is 10.2. The zero-order valence-electron chi connectivity index (χ0n) is 9.87. The second-order valence-corrected chi connectivity index (χ2v) is 3.33. The molecule has 0 saturated heterocycles. The largest absolute Gasteiger partial charge is 0.493 e. The van der Waals surface area contributed by atoms with Gasteiger partial charge in [-0.2, -0.15) is 0 Å². The van der Waals surface area contributed by atoms with E-state index >= 15 is 0 Å². The van der Waals surface area contributed by atoms with E-state index in [1.54, 1.807) is 0 Å². The third kappa shape index (κ3) is 3.88. The predicted octanol–water partition coefficient (Wildman–Crippen LogP) is 2.47. The molecule has 7 heteroatoms. The lowest BCUT2D eigenvalue weighted by molar-refractivity contribution is 0.0696. The lowest BCUT2D eigenvalue weighted by Crippen LogP contribution is -2.02. The van der Waals surface area contributed by atoms with Gasteiger partial charge in [0.15, 0.2) is 11.5 Å². The van der Waals surface area contributed by atoms with Gasteiger partial charge in [0, 0.05) is 11.5 Å². The molecule has 0 saturated carbocycles. The number of benzene rings is 1. The van der Waals surface area contributed by atoms with Crippen LogP contribution in [0.5, 0.6) is 11.5 Å². The SMILES string of the molecule is COc1cc(C(=O)O)ccc1OCCCN=[N+]=[N-]. The molecule has 0 spiro atoms. The Morgan fingerprint density at radius 1 is 1.50 bits per heavy atom. The monoisotopic (exact) mass is 251 g/mol. The highest BCUT2D eigenvalue weighted by Crippen LogP contribution is 2.28. The van der Waals surface area contributed by atoms with Gasteiger partial charge in [0.1, 0.15) is 0 Å². The van der Waals surface area contributed by atoms with E-state index in [0.29, 0.717) is 31.1 Å². The van der Waals surface area contributed by atoms with Crippen molar-refractivity contribution in [3.63, 3.8) is 0 Å². The first-order chi connectivity index (χ1) is 8.69. The van der Waals surface area contributed by atoms with Gasteiger partial charge in [0.2, 0.25) is 0 Å². The average molecular weight is 251 g/mol. The minimum absolute atomic E-state index is 0.133. The molecule has 1 rings (SSSR count). The van der Waals surface area contributed by atoms with Crippen molar-refractivity contribution in [2.45, 2.75) is 6.42 Å². The number of azide groups is 1. The summed E-state index contributed by atoms with van der Waals surface area (Å²) < 4.78 is 10.5. The number of carboxylic acid groups (broad SMARTS) is 1. The molecular formula is C11H13N3O4. The summed E-state index contributed by atoms with van der Waals surface area (Å²) in [5, 5.41) is 12.2. The third-order valence-corrected chi connectivity index (χ3v) is 2.13. The molecule has 1 aromatic carbocycles. The van der Waals surface area contributed by atoms with Crippen molar-refractivity contribution < 1.29 is 19.4 Å². The van der Waals surface area contributed by atoms with E-state index in [9.17, 15) is 4.79 Å². The van der Waals surface area contributed by atoms with Gasteiger partial charge < -0.3 is 14.6 Å². The van der Waals surface area contributed by atoms with Crippen LogP contribution in [0.1, 0.15) is 16.8 Å². The third-order valence-electron chi connectivity index (χ3n) is 2.13. The zero-order chi connectivity index (χ0) is 13.4. The Morgan fingerprint density at radius 2 is 2.28 bits per heavy atom. The number of carboxylic acids is 1. The molecule has 96 valence electrons. The van der Waals surface area contributed by atoms with Crippen LogP contribution in [0.25, 0.3) is 10.4 Å². The zero-order valence-corrected chi connectivity index (χ0v) is 9.87. The van der Waals surface area contributed by atoms with Crippen LogP contribution in [0.2, 0.25) is 0 Å². The van der Waals surface area contributed by atoms with Gasteiger partial charge in [-0.05, 0) is 30.2 Å². The summed E-state index contributed by atoms with van der Waals surface area (Å²) in [7, 11) is 1.44. The average Bonchev–Trinajstić information content (AvgIpc) is 2.38. The first-order valence-corrected chi connectivity index (χ1v) is 5.24. The molecule has 0 atom stereocenters. The molecule has 0 unspecified atom stereocenters. The van der Waals surface area contributed by atoms with Crippen molar-refractivity contribution in [2.75, 3.05) is 20.3 Å². The van der Waals surface area contributed by atoms with Crippen LogP contribution in [0.3, 0.4) is 0 Å². The van der Waals surface area contributed by atoms with Gasteiger partial charge >= 0.3 is 5.97 Å². The Kier molecular flexibility index (Phi) is 5.34. The molecule has 0 bridgehead atoms. The molecule has 0 aromatic heterocycles. The summed E-state index contributed by atoms with van der Waals surface area (Å²) in [4.78, 5) is 13.4. The number of hydrogen-bond acceptors (Lipinski definition) is 4. The first-order valence-electron chi connectivity index (χ1n) is 5.24. The van der Waals surface area contributed by atoms with E-state index in [1.165, 1.54) is 25.3 Å². The van der Waals surface area contributed by atoms with E-state index in [-0.39, 0.29) is 5.56 Å². The van der Waals surface area contributed by atoms with E-state index in [2.05, 4.69) is 10.0 Å². The van der Waals surface area contributed by atoms with Crippen LogP contribution in [0.15, 0.2) is 23.3 Å². The van der Waals surface area contributed by atoms with Crippen LogP contribution >= 0.6 is 0 Å². The number of aromatic carboxylic acids is 1. The standard InChI is InChI=1S/C11H13N3O4/c1-17-10-7-8(11(15)16)3-4-9(10)18-6-2-5-13-14-12/h3-4,7H,2,5-6H2,1H3,(H,15,16). The summed E-state index contributed by atoms with van der Waals surface area (Å²) >= 11 is 0.